The molecule has 138 valence electrons. The summed E-state index contributed by atoms with van der Waals surface area (Å²) in [6.07, 6.45) is 0. The van der Waals surface area contributed by atoms with E-state index in [9.17, 15) is 9.59 Å². The van der Waals surface area contributed by atoms with Crippen LogP contribution in [0.3, 0.4) is 0 Å². The number of thiophene rings is 1. The van der Waals surface area contributed by atoms with Gasteiger partial charge >= 0.3 is 0 Å². The Labute approximate surface area is 158 Å². The van der Waals surface area contributed by atoms with Gasteiger partial charge in [-0.2, -0.15) is 0 Å². The molecule has 6 heteroatoms. The molecule has 5 nitrogen and oxygen atoms in total. The zero-order chi connectivity index (χ0) is 18.5. The molecule has 1 aliphatic heterocycles. The Balaban J connectivity index is 1.49. The van der Waals surface area contributed by atoms with E-state index in [1.807, 2.05) is 66.7 Å². The van der Waals surface area contributed by atoms with Crippen molar-refractivity contribution in [3.8, 4) is 0 Å². The van der Waals surface area contributed by atoms with Gasteiger partial charge in [-0.05, 0) is 23.9 Å². The van der Waals surface area contributed by atoms with Gasteiger partial charge in [0, 0.05) is 33.2 Å². The second-order valence-electron chi connectivity index (χ2n) is 6.64. The fraction of sp³-hybridized carbons (Fsp3) is 0.400. The van der Waals surface area contributed by atoms with Crippen LogP contribution in [0, 0.1) is 0 Å². The summed E-state index contributed by atoms with van der Waals surface area (Å²) in [4.78, 5) is 31.6. The van der Waals surface area contributed by atoms with Crippen LogP contribution in [0.4, 0.5) is 0 Å². The molecule has 0 bridgehead atoms. The highest BCUT2D eigenvalue weighted by Gasteiger charge is 2.25. The summed E-state index contributed by atoms with van der Waals surface area (Å²) in [7, 11) is 1.86. The first kappa shape index (κ1) is 18.6. The standard InChI is InChI=1S/C20H25N3O2S/c1-16(17-7-4-3-5-8-17)21(2)19(24)15-22-10-12-23(13-11-22)20(25)18-9-6-14-26-18/h3-9,14,16H,10-13,15H2,1-2H3. The Morgan fingerprint density at radius 1 is 1.08 bits per heavy atom. The summed E-state index contributed by atoms with van der Waals surface area (Å²) in [5.74, 6) is 0.209. The third kappa shape index (κ3) is 4.31. The molecule has 1 aliphatic rings. The quantitative estimate of drug-likeness (QED) is 0.812. The van der Waals surface area contributed by atoms with Crippen molar-refractivity contribution in [3.63, 3.8) is 0 Å². The third-order valence-electron chi connectivity index (χ3n) is 5.01. The number of nitrogens with zero attached hydrogens (tertiary/aromatic N) is 3. The topological polar surface area (TPSA) is 43.9 Å². The summed E-state index contributed by atoms with van der Waals surface area (Å²) < 4.78 is 0. The summed E-state index contributed by atoms with van der Waals surface area (Å²) in [6.45, 7) is 5.25. The summed E-state index contributed by atoms with van der Waals surface area (Å²) in [5, 5.41) is 1.92. The van der Waals surface area contributed by atoms with Crippen LogP contribution >= 0.6 is 11.3 Å². The van der Waals surface area contributed by atoms with Crippen molar-refractivity contribution in [1.29, 1.82) is 0 Å². The Kier molecular flexibility index (Phi) is 6.06. The van der Waals surface area contributed by atoms with Crippen LogP contribution in [-0.2, 0) is 4.79 Å². The molecule has 0 aliphatic carbocycles. The Morgan fingerprint density at radius 2 is 1.77 bits per heavy atom. The number of rotatable bonds is 5. The number of amides is 2. The average Bonchev–Trinajstić information content (AvgIpc) is 3.22. The second-order valence-corrected chi connectivity index (χ2v) is 7.58. The largest absolute Gasteiger partial charge is 0.338 e. The fourth-order valence-corrected chi connectivity index (χ4v) is 3.83. The molecule has 2 heterocycles. The second kappa shape index (κ2) is 8.47. The lowest BCUT2D eigenvalue weighted by molar-refractivity contribution is -0.133. The maximum Gasteiger partial charge on any atom is 0.264 e. The first-order valence-corrected chi connectivity index (χ1v) is 9.80. The number of carbonyl (C=O) groups excluding carboxylic acids is 2. The van der Waals surface area contributed by atoms with Crippen LogP contribution in [0.15, 0.2) is 47.8 Å². The zero-order valence-electron chi connectivity index (χ0n) is 15.3. The smallest absolute Gasteiger partial charge is 0.264 e. The van der Waals surface area contributed by atoms with Gasteiger partial charge in [0.1, 0.15) is 0 Å². The lowest BCUT2D eigenvalue weighted by Crippen LogP contribution is -2.51. The van der Waals surface area contributed by atoms with Crippen molar-refractivity contribution in [2.45, 2.75) is 13.0 Å². The van der Waals surface area contributed by atoms with E-state index < -0.39 is 0 Å². The van der Waals surface area contributed by atoms with Crippen LogP contribution < -0.4 is 0 Å². The third-order valence-corrected chi connectivity index (χ3v) is 5.86. The van der Waals surface area contributed by atoms with Crippen molar-refractivity contribution in [2.24, 2.45) is 0 Å². The van der Waals surface area contributed by atoms with Crippen LogP contribution in [0.25, 0.3) is 0 Å². The van der Waals surface area contributed by atoms with Gasteiger partial charge in [-0.3, -0.25) is 14.5 Å². The first-order chi connectivity index (χ1) is 12.6. The van der Waals surface area contributed by atoms with Gasteiger partial charge in [-0.1, -0.05) is 36.4 Å². The molecule has 1 saturated heterocycles. The number of piperazine rings is 1. The highest BCUT2D eigenvalue weighted by molar-refractivity contribution is 7.12. The van der Waals surface area contributed by atoms with E-state index in [0.717, 1.165) is 23.5 Å². The van der Waals surface area contributed by atoms with E-state index >= 15 is 0 Å². The Morgan fingerprint density at radius 3 is 2.38 bits per heavy atom. The molecule has 1 fully saturated rings. The number of hydrogen-bond donors (Lipinski definition) is 0. The Hall–Kier alpha value is -2.18. The maximum absolute atomic E-state index is 12.6. The molecule has 0 N–H and O–H groups in total. The SMILES string of the molecule is CC(c1ccccc1)N(C)C(=O)CN1CCN(C(=O)c2cccs2)CC1. The van der Waals surface area contributed by atoms with Gasteiger partial charge in [-0.15, -0.1) is 11.3 Å². The van der Waals surface area contributed by atoms with Crippen molar-refractivity contribution < 1.29 is 9.59 Å². The lowest BCUT2D eigenvalue weighted by Gasteiger charge is -2.35. The van der Waals surface area contributed by atoms with Crippen LogP contribution in [-0.4, -0.2) is 66.3 Å². The molecule has 0 spiro atoms. The van der Waals surface area contributed by atoms with Gasteiger partial charge in [0.05, 0.1) is 17.5 Å². The lowest BCUT2D eigenvalue weighted by atomic mass is 10.1. The minimum atomic E-state index is 0.0467. The number of benzene rings is 1. The fourth-order valence-electron chi connectivity index (χ4n) is 3.14. The molecular formula is C20H25N3O2S. The molecule has 0 radical (unpaired) electrons. The normalized spacial score (nSPS) is 16.3. The monoisotopic (exact) mass is 371 g/mol. The first-order valence-electron chi connectivity index (χ1n) is 8.92. The van der Waals surface area contributed by atoms with Crippen LogP contribution in [0.5, 0.6) is 0 Å². The van der Waals surface area contributed by atoms with Crippen molar-refractivity contribution in [2.75, 3.05) is 39.8 Å². The van der Waals surface area contributed by atoms with E-state index in [2.05, 4.69) is 4.90 Å². The summed E-state index contributed by atoms with van der Waals surface area (Å²) in [5.41, 5.74) is 1.13. The minimum absolute atomic E-state index is 0.0467. The predicted molar refractivity (Wildman–Crippen MR) is 104 cm³/mol. The summed E-state index contributed by atoms with van der Waals surface area (Å²) in [6, 6.07) is 13.9. The average molecular weight is 372 g/mol. The molecule has 1 unspecified atom stereocenters. The molecule has 1 aromatic carbocycles. The van der Waals surface area contributed by atoms with Crippen molar-refractivity contribution >= 4 is 23.2 Å². The number of hydrogen-bond acceptors (Lipinski definition) is 4. The van der Waals surface area contributed by atoms with Crippen molar-refractivity contribution in [3.05, 3.63) is 58.3 Å². The molecule has 1 aromatic heterocycles. The molecule has 26 heavy (non-hydrogen) atoms. The predicted octanol–water partition coefficient (Wildman–Crippen LogP) is 2.73. The van der Waals surface area contributed by atoms with Crippen LogP contribution in [0.1, 0.15) is 28.2 Å². The van der Waals surface area contributed by atoms with E-state index in [-0.39, 0.29) is 17.9 Å². The van der Waals surface area contributed by atoms with E-state index in [4.69, 9.17) is 0 Å². The number of carbonyl (C=O) groups is 2. The molecule has 2 amide bonds. The van der Waals surface area contributed by atoms with E-state index in [0.29, 0.717) is 19.6 Å². The zero-order valence-corrected chi connectivity index (χ0v) is 16.1. The minimum Gasteiger partial charge on any atom is -0.338 e. The van der Waals surface area contributed by atoms with Gasteiger partial charge in [-0.25, -0.2) is 0 Å². The molecular weight excluding hydrogens is 346 g/mol. The van der Waals surface area contributed by atoms with Gasteiger partial charge in [0.2, 0.25) is 5.91 Å². The van der Waals surface area contributed by atoms with Gasteiger partial charge in [0.15, 0.2) is 0 Å². The van der Waals surface area contributed by atoms with Crippen LogP contribution in [0.2, 0.25) is 0 Å². The van der Waals surface area contributed by atoms with E-state index in [1.54, 1.807) is 4.90 Å². The van der Waals surface area contributed by atoms with E-state index in [1.165, 1.54) is 11.3 Å². The number of likely N-dealkylation sites (N-methyl/N-ethyl adjacent to an activating group) is 1. The molecule has 0 saturated carbocycles. The molecule has 2 aromatic rings. The highest BCUT2D eigenvalue weighted by Crippen LogP contribution is 2.19. The Bertz CT molecular complexity index is 725. The highest BCUT2D eigenvalue weighted by atomic mass is 32.1. The maximum atomic E-state index is 12.6. The van der Waals surface area contributed by atoms with Gasteiger partial charge < -0.3 is 9.80 Å². The van der Waals surface area contributed by atoms with Crippen molar-refractivity contribution in [1.82, 2.24) is 14.7 Å². The summed E-state index contributed by atoms with van der Waals surface area (Å²) >= 11 is 1.48. The molecule has 3 rings (SSSR count). The van der Waals surface area contributed by atoms with Gasteiger partial charge in [0.25, 0.3) is 5.91 Å². The molecule has 1 atom stereocenters.